The molecule has 0 radical (unpaired) electrons. The lowest BCUT2D eigenvalue weighted by atomic mass is 10.2. The highest BCUT2D eigenvalue weighted by molar-refractivity contribution is 7.89. The van der Waals surface area contributed by atoms with Crippen LogP contribution >= 0.6 is 11.6 Å². The fourth-order valence-corrected chi connectivity index (χ4v) is 3.76. The smallest absolute Gasteiger partial charge is 0.263 e. The van der Waals surface area contributed by atoms with Gasteiger partial charge in [-0.2, -0.15) is 0 Å². The second-order valence-corrected chi connectivity index (χ2v) is 7.65. The summed E-state index contributed by atoms with van der Waals surface area (Å²) in [6.45, 7) is 5.86. The summed E-state index contributed by atoms with van der Waals surface area (Å²) in [5, 5.41) is 0.371. The Bertz CT molecular complexity index is 812. The largest absolute Gasteiger partial charge is 0.272 e. The summed E-state index contributed by atoms with van der Waals surface area (Å²) >= 11 is 6.33. The highest BCUT2D eigenvalue weighted by atomic mass is 35.5. The first-order valence-electron chi connectivity index (χ1n) is 7.57. The van der Waals surface area contributed by atoms with Gasteiger partial charge in [0.05, 0.1) is 9.93 Å². The molecule has 0 N–H and O–H groups in total. The van der Waals surface area contributed by atoms with Crippen molar-refractivity contribution >= 4 is 26.7 Å². The Morgan fingerprint density at radius 2 is 1.75 bits per heavy atom. The summed E-state index contributed by atoms with van der Waals surface area (Å²) < 4.78 is 27.1. The van der Waals surface area contributed by atoms with Gasteiger partial charge >= 0.3 is 0 Å². The molecule has 3 nitrogen and oxygen atoms in total. The Kier molecular flexibility index (Phi) is 6.23. The Morgan fingerprint density at radius 1 is 1.12 bits per heavy atom. The minimum Gasteiger partial charge on any atom is -0.272 e. The van der Waals surface area contributed by atoms with Crippen LogP contribution in [0.4, 0.5) is 0 Å². The summed E-state index contributed by atoms with van der Waals surface area (Å²) in [4.78, 5) is 0.242. The van der Waals surface area contributed by atoms with Crippen molar-refractivity contribution in [3.05, 3.63) is 84.6 Å². The van der Waals surface area contributed by atoms with E-state index in [-0.39, 0.29) is 11.4 Å². The van der Waals surface area contributed by atoms with E-state index in [1.807, 2.05) is 37.3 Å². The number of aryl methyl sites for hydroxylation is 1. The van der Waals surface area contributed by atoms with E-state index in [9.17, 15) is 8.42 Å². The van der Waals surface area contributed by atoms with Gasteiger partial charge in [0.25, 0.3) is 10.0 Å². The van der Waals surface area contributed by atoms with E-state index in [1.54, 1.807) is 30.3 Å². The van der Waals surface area contributed by atoms with Crippen molar-refractivity contribution in [1.29, 1.82) is 0 Å². The molecular formula is C19H20ClNO2S. The molecular weight excluding hydrogens is 342 g/mol. The van der Waals surface area contributed by atoms with Gasteiger partial charge in [-0.1, -0.05) is 65.7 Å². The molecule has 0 aliphatic heterocycles. The molecule has 0 spiro atoms. The van der Waals surface area contributed by atoms with Crippen LogP contribution in [0.25, 0.3) is 5.03 Å². The van der Waals surface area contributed by atoms with Gasteiger partial charge in [0.1, 0.15) is 0 Å². The van der Waals surface area contributed by atoms with Gasteiger partial charge in [0.15, 0.2) is 0 Å². The van der Waals surface area contributed by atoms with E-state index in [2.05, 4.69) is 6.58 Å². The number of nitrogens with zero attached hydrogens (tertiary/aromatic N) is 1. The first kappa shape index (κ1) is 18.3. The molecule has 0 aliphatic carbocycles. The Labute approximate surface area is 148 Å². The van der Waals surface area contributed by atoms with Crippen LogP contribution < -0.4 is 0 Å². The molecule has 2 aromatic carbocycles. The summed E-state index contributed by atoms with van der Waals surface area (Å²) in [5.74, 6) is 0. The molecule has 0 fully saturated rings. The molecule has 0 amide bonds. The van der Waals surface area contributed by atoms with Gasteiger partial charge in [-0.25, -0.2) is 8.42 Å². The lowest BCUT2D eigenvalue weighted by Gasteiger charge is -2.21. The van der Waals surface area contributed by atoms with Gasteiger partial charge in [0, 0.05) is 12.7 Å². The normalized spacial score (nSPS) is 12.0. The second-order valence-electron chi connectivity index (χ2n) is 5.35. The number of hydrogen-bond donors (Lipinski definition) is 0. The van der Waals surface area contributed by atoms with E-state index >= 15 is 0 Å². The number of rotatable bonds is 7. The predicted octanol–water partition coefficient (Wildman–Crippen LogP) is 4.80. The highest BCUT2D eigenvalue weighted by Gasteiger charge is 2.21. The molecule has 0 saturated heterocycles. The van der Waals surface area contributed by atoms with Crippen molar-refractivity contribution in [1.82, 2.24) is 4.31 Å². The summed E-state index contributed by atoms with van der Waals surface area (Å²) in [5.41, 5.74) is 1.77. The lowest BCUT2D eigenvalue weighted by Crippen LogP contribution is -2.27. The SMILES string of the molecule is C=CCCN(/C=C(\Cl)c1ccccc1)S(=O)(=O)c1ccc(C)cc1. The zero-order valence-electron chi connectivity index (χ0n) is 13.5. The second kappa shape index (κ2) is 8.18. The first-order valence-corrected chi connectivity index (χ1v) is 9.39. The number of benzene rings is 2. The van der Waals surface area contributed by atoms with Crippen LogP contribution in [-0.4, -0.2) is 19.3 Å². The molecule has 0 bridgehead atoms. The maximum atomic E-state index is 12.9. The van der Waals surface area contributed by atoms with Crippen LogP contribution in [-0.2, 0) is 10.0 Å². The molecule has 0 heterocycles. The standard InChI is InChI=1S/C19H20ClNO2S/c1-3-4-14-21(15-19(20)17-8-6-5-7-9-17)24(22,23)18-12-10-16(2)11-13-18/h3,5-13,15H,1,4,14H2,2H3/b19-15-. The summed E-state index contributed by atoms with van der Waals surface area (Å²) in [6.07, 6.45) is 3.68. The average molecular weight is 362 g/mol. The van der Waals surface area contributed by atoms with Gasteiger partial charge < -0.3 is 0 Å². The van der Waals surface area contributed by atoms with E-state index < -0.39 is 10.0 Å². The van der Waals surface area contributed by atoms with Crippen molar-refractivity contribution in [3.8, 4) is 0 Å². The number of halogens is 1. The molecule has 0 saturated carbocycles. The average Bonchev–Trinajstić information content (AvgIpc) is 2.59. The third-order valence-electron chi connectivity index (χ3n) is 3.49. The van der Waals surface area contributed by atoms with Crippen LogP contribution in [0.2, 0.25) is 0 Å². The van der Waals surface area contributed by atoms with Crippen molar-refractivity contribution in [2.45, 2.75) is 18.2 Å². The van der Waals surface area contributed by atoms with Crippen LogP contribution in [0.5, 0.6) is 0 Å². The van der Waals surface area contributed by atoms with Crippen LogP contribution in [0.1, 0.15) is 17.5 Å². The Balaban J connectivity index is 2.40. The van der Waals surface area contributed by atoms with Crippen molar-refractivity contribution < 1.29 is 8.42 Å². The molecule has 24 heavy (non-hydrogen) atoms. The van der Waals surface area contributed by atoms with Gasteiger partial charge in [-0.15, -0.1) is 6.58 Å². The van der Waals surface area contributed by atoms with Crippen LogP contribution in [0, 0.1) is 6.92 Å². The lowest BCUT2D eigenvalue weighted by molar-refractivity contribution is 0.503. The van der Waals surface area contributed by atoms with E-state index in [4.69, 9.17) is 11.6 Å². The predicted molar refractivity (Wildman–Crippen MR) is 100 cm³/mol. The topological polar surface area (TPSA) is 37.4 Å². The molecule has 126 valence electrons. The highest BCUT2D eigenvalue weighted by Crippen LogP contribution is 2.23. The first-order chi connectivity index (χ1) is 11.4. The monoisotopic (exact) mass is 361 g/mol. The third-order valence-corrected chi connectivity index (χ3v) is 5.58. The third kappa shape index (κ3) is 4.49. The molecule has 2 rings (SSSR count). The van der Waals surface area contributed by atoms with Crippen LogP contribution in [0.3, 0.4) is 0 Å². The zero-order valence-corrected chi connectivity index (χ0v) is 15.1. The van der Waals surface area contributed by atoms with Gasteiger partial charge in [-0.3, -0.25) is 4.31 Å². The molecule has 0 aromatic heterocycles. The molecule has 0 atom stereocenters. The van der Waals surface area contributed by atoms with Gasteiger partial charge in [-0.05, 0) is 31.0 Å². The number of sulfonamides is 1. The maximum Gasteiger partial charge on any atom is 0.263 e. The fourth-order valence-electron chi connectivity index (χ4n) is 2.12. The zero-order chi connectivity index (χ0) is 17.6. The summed E-state index contributed by atoms with van der Waals surface area (Å²) in [7, 11) is -3.67. The van der Waals surface area contributed by atoms with Crippen molar-refractivity contribution in [2.24, 2.45) is 0 Å². The van der Waals surface area contributed by atoms with Crippen LogP contribution in [0.15, 0.2) is 78.3 Å². The maximum absolute atomic E-state index is 12.9. The van der Waals surface area contributed by atoms with E-state index in [0.717, 1.165) is 11.1 Å². The summed E-state index contributed by atoms with van der Waals surface area (Å²) in [6, 6.07) is 16.0. The minimum atomic E-state index is -3.67. The number of hydrogen-bond acceptors (Lipinski definition) is 2. The fraction of sp³-hybridized carbons (Fsp3) is 0.158. The Hall–Kier alpha value is -2.04. The van der Waals surface area contributed by atoms with E-state index in [1.165, 1.54) is 10.5 Å². The van der Waals surface area contributed by atoms with Gasteiger partial charge in [0.2, 0.25) is 0 Å². The minimum absolute atomic E-state index is 0.242. The molecule has 5 heteroatoms. The van der Waals surface area contributed by atoms with E-state index in [0.29, 0.717) is 11.5 Å². The van der Waals surface area contributed by atoms with Crippen molar-refractivity contribution in [3.63, 3.8) is 0 Å². The Morgan fingerprint density at radius 3 is 2.33 bits per heavy atom. The molecule has 0 unspecified atom stereocenters. The molecule has 0 aliphatic rings. The molecule has 2 aromatic rings. The quantitative estimate of drug-likeness (QED) is 0.664. The van der Waals surface area contributed by atoms with Crippen molar-refractivity contribution in [2.75, 3.05) is 6.54 Å².